The van der Waals surface area contributed by atoms with Crippen molar-refractivity contribution in [2.75, 3.05) is 18.4 Å². The summed E-state index contributed by atoms with van der Waals surface area (Å²) >= 11 is 3.26. The molecule has 1 fully saturated rings. The topological polar surface area (TPSA) is 36.4 Å². The Morgan fingerprint density at radius 2 is 1.92 bits per heavy atom. The predicted octanol–water partition coefficient (Wildman–Crippen LogP) is 4.52. The van der Waals surface area contributed by atoms with Crippen LogP contribution in [0.25, 0.3) is 0 Å². The number of halogens is 2. The molecular formula is C20H21BrFN3. The lowest BCUT2D eigenvalue weighted by molar-refractivity contribution is 0.293. The highest BCUT2D eigenvalue weighted by atomic mass is 79.9. The van der Waals surface area contributed by atoms with Gasteiger partial charge in [-0.25, -0.2) is 4.39 Å². The highest BCUT2D eigenvalue weighted by molar-refractivity contribution is 9.10. The Balaban J connectivity index is 1.66. The van der Waals surface area contributed by atoms with Gasteiger partial charge in [0, 0.05) is 11.1 Å². The zero-order chi connectivity index (χ0) is 17.3. The lowest BCUT2D eigenvalue weighted by atomic mass is 9.71. The predicted molar refractivity (Wildman–Crippen MR) is 104 cm³/mol. The minimum atomic E-state index is -0.240. The number of nitrogens with zero attached hydrogens (tertiary/aromatic N) is 1. The first-order valence-electron chi connectivity index (χ1n) is 8.71. The van der Waals surface area contributed by atoms with Crippen molar-refractivity contribution in [3.05, 3.63) is 63.9 Å². The molecule has 2 N–H and O–H groups in total. The van der Waals surface area contributed by atoms with Crippen LogP contribution in [0.15, 0.2) is 51.9 Å². The number of para-hydroxylation sites is 1. The van der Waals surface area contributed by atoms with E-state index in [1.54, 1.807) is 6.07 Å². The summed E-state index contributed by atoms with van der Waals surface area (Å²) in [6.07, 6.45) is 3.20. The normalized spacial score (nSPS) is 20.3. The average molecular weight is 402 g/mol. The second-order valence-corrected chi connectivity index (χ2v) is 7.76. The molecule has 1 spiro atoms. The lowest BCUT2D eigenvalue weighted by Crippen LogP contribution is -2.48. The van der Waals surface area contributed by atoms with E-state index in [0.29, 0.717) is 11.0 Å². The molecule has 0 atom stereocenters. The van der Waals surface area contributed by atoms with Gasteiger partial charge in [-0.15, -0.1) is 0 Å². The van der Waals surface area contributed by atoms with E-state index in [2.05, 4.69) is 50.8 Å². The van der Waals surface area contributed by atoms with E-state index in [0.717, 1.165) is 49.4 Å². The van der Waals surface area contributed by atoms with E-state index >= 15 is 0 Å². The number of benzene rings is 2. The third-order valence-corrected chi connectivity index (χ3v) is 5.87. The van der Waals surface area contributed by atoms with E-state index < -0.39 is 0 Å². The van der Waals surface area contributed by atoms with E-state index in [1.807, 2.05) is 6.07 Å². The van der Waals surface area contributed by atoms with Crippen LogP contribution in [0, 0.1) is 11.2 Å². The molecule has 4 rings (SSSR count). The highest BCUT2D eigenvalue weighted by Gasteiger charge is 2.40. The van der Waals surface area contributed by atoms with Gasteiger partial charge in [0.25, 0.3) is 0 Å². The molecule has 2 aromatic carbocycles. The quantitative estimate of drug-likeness (QED) is 0.775. The third kappa shape index (κ3) is 3.35. The van der Waals surface area contributed by atoms with Gasteiger partial charge in [-0.05, 0) is 77.6 Å². The van der Waals surface area contributed by atoms with Crippen molar-refractivity contribution in [3.63, 3.8) is 0 Å². The number of anilines is 1. The number of rotatable bonds is 2. The van der Waals surface area contributed by atoms with Crippen molar-refractivity contribution in [2.24, 2.45) is 10.4 Å². The van der Waals surface area contributed by atoms with Crippen molar-refractivity contribution in [3.8, 4) is 0 Å². The Morgan fingerprint density at radius 3 is 2.72 bits per heavy atom. The van der Waals surface area contributed by atoms with Crippen LogP contribution in [-0.2, 0) is 13.0 Å². The molecule has 0 aromatic heterocycles. The molecule has 5 heteroatoms. The van der Waals surface area contributed by atoms with Crippen molar-refractivity contribution in [2.45, 2.75) is 25.8 Å². The summed E-state index contributed by atoms with van der Waals surface area (Å²) in [5, 5.41) is 7.05. The van der Waals surface area contributed by atoms with Crippen LogP contribution in [0.2, 0.25) is 0 Å². The first-order valence-corrected chi connectivity index (χ1v) is 9.50. The number of hydrogen-bond donors (Lipinski definition) is 2. The molecule has 0 aliphatic carbocycles. The molecule has 0 bridgehead atoms. The third-order valence-electron chi connectivity index (χ3n) is 5.27. The number of nitrogens with one attached hydrogen (secondary N) is 2. The van der Waals surface area contributed by atoms with Gasteiger partial charge in [0.15, 0.2) is 0 Å². The highest BCUT2D eigenvalue weighted by Crippen LogP contribution is 2.40. The molecule has 0 radical (unpaired) electrons. The van der Waals surface area contributed by atoms with E-state index in [4.69, 9.17) is 4.99 Å². The number of fused-ring (bicyclic) bond motifs is 1. The molecule has 2 aromatic rings. The first-order chi connectivity index (χ1) is 12.2. The van der Waals surface area contributed by atoms with E-state index in [-0.39, 0.29) is 11.2 Å². The fourth-order valence-corrected chi connectivity index (χ4v) is 4.27. The fraction of sp³-hybridized carbons (Fsp3) is 0.350. The molecule has 2 aliphatic heterocycles. The Morgan fingerprint density at radius 1 is 1.12 bits per heavy atom. The van der Waals surface area contributed by atoms with Crippen LogP contribution < -0.4 is 10.6 Å². The van der Waals surface area contributed by atoms with Crippen molar-refractivity contribution < 1.29 is 4.39 Å². The summed E-state index contributed by atoms with van der Waals surface area (Å²) in [6.45, 7) is 2.59. The molecule has 130 valence electrons. The van der Waals surface area contributed by atoms with Crippen molar-refractivity contribution in [1.82, 2.24) is 5.32 Å². The molecule has 0 saturated carbocycles. The zero-order valence-electron chi connectivity index (χ0n) is 14.0. The van der Waals surface area contributed by atoms with Crippen LogP contribution in [0.4, 0.5) is 10.1 Å². The number of aliphatic imine (C=N–C) groups is 1. The second kappa shape index (κ2) is 6.89. The summed E-state index contributed by atoms with van der Waals surface area (Å²) < 4.78 is 13.9. The molecular weight excluding hydrogens is 381 g/mol. The van der Waals surface area contributed by atoms with Crippen LogP contribution in [0.3, 0.4) is 0 Å². The van der Waals surface area contributed by atoms with E-state index in [9.17, 15) is 4.39 Å². The molecule has 25 heavy (non-hydrogen) atoms. The smallest absolute Gasteiger partial charge is 0.137 e. The number of piperidine rings is 1. The maximum Gasteiger partial charge on any atom is 0.137 e. The summed E-state index contributed by atoms with van der Waals surface area (Å²) in [5.41, 5.74) is 3.61. The maximum atomic E-state index is 13.4. The Hall–Kier alpha value is -1.72. The van der Waals surface area contributed by atoms with Gasteiger partial charge >= 0.3 is 0 Å². The van der Waals surface area contributed by atoms with Crippen LogP contribution in [-0.4, -0.2) is 18.9 Å². The summed E-state index contributed by atoms with van der Waals surface area (Å²) in [4.78, 5) is 4.93. The largest absolute Gasteiger partial charge is 0.343 e. The van der Waals surface area contributed by atoms with Crippen LogP contribution in [0.1, 0.15) is 24.0 Å². The Labute approximate surface area is 155 Å². The second-order valence-electron chi connectivity index (χ2n) is 6.90. The molecule has 0 amide bonds. The first kappa shape index (κ1) is 16.7. The average Bonchev–Trinajstić information content (AvgIpc) is 2.63. The van der Waals surface area contributed by atoms with Gasteiger partial charge in [0.1, 0.15) is 11.7 Å². The van der Waals surface area contributed by atoms with Crippen molar-refractivity contribution in [1.29, 1.82) is 0 Å². The molecule has 1 saturated heterocycles. The van der Waals surface area contributed by atoms with Gasteiger partial charge < -0.3 is 10.6 Å². The lowest BCUT2D eigenvalue weighted by Gasteiger charge is -2.42. The van der Waals surface area contributed by atoms with E-state index in [1.165, 1.54) is 11.6 Å². The molecule has 3 nitrogen and oxygen atoms in total. The van der Waals surface area contributed by atoms with Crippen LogP contribution >= 0.6 is 15.9 Å². The number of amidine groups is 1. The number of hydrogen-bond acceptors (Lipinski definition) is 2. The minimum absolute atomic E-state index is 0.0802. The molecule has 2 heterocycles. The molecule has 2 aliphatic rings. The van der Waals surface area contributed by atoms with Gasteiger partial charge in [-0.3, -0.25) is 4.99 Å². The summed E-state index contributed by atoms with van der Waals surface area (Å²) in [7, 11) is 0. The maximum absolute atomic E-state index is 13.4. The van der Waals surface area contributed by atoms with Crippen molar-refractivity contribution >= 4 is 27.5 Å². The Bertz CT molecular complexity index is 812. The van der Waals surface area contributed by atoms with Crippen LogP contribution in [0.5, 0.6) is 0 Å². The Kier molecular flexibility index (Phi) is 4.61. The summed E-state index contributed by atoms with van der Waals surface area (Å²) in [5.74, 6) is 0.837. The fourth-order valence-electron chi connectivity index (χ4n) is 3.84. The zero-order valence-corrected chi connectivity index (χ0v) is 15.6. The van der Waals surface area contributed by atoms with Gasteiger partial charge in [0.2, 0.25) is 0 Å². The van der Waals surface area contributed by atoms with Gasteiger partial charge in [0.05, 0.1) is 11.0 Å². The van der Waals surface area contributed by atoms with Gasteiger partial charge in [-0.2, -0.15) is 0 Å². The monoisotopic (exact) mass is 401 g/mol. The minimum Gasteiger partial charge on any atom is -0.343 e. The van der Waals surface area contributed by atoms with Gasteiger partial charge in [-0.1, -0.05) is 24.3 Å². The summed E-state index contributed by atoms with van der Waals surface area (Å²) in [6, 6.07) is 13.6. The SMILES string of the molecule is Fc1ccc(CN=C2Nc3ccccc3CC23CCNCC3)cc1Br. The molecule has 0 unspecified atom stereocenters. The standard InChI is InChI=1S/C20H21BrFN3/c21-16-11-14(5-6-17(16)22)13-24-19-20(7-9-23-10-8-20)12-15-3-1-2-4-18(15)25-19/h1-6,11,23H,7-10,12-13H2,(H,24,25).